The quantitative estimate of drug-likeness (QED) is 0.846. The van der Waals surface area contributed by atoms with E-state index >= 15 is 0 Å². The Morgan fingerprint density at radius 2 is 2.25 bits per heavy atom. The highest BCUT2D eigenvalue weighted by molar-refractivity contribution is 9.10. The summed E-state index contributed by atoms with van der Waals surface area (Å²) >= 11 is 9.49. The fourth-order valence-electron chi connectivity index (χ4n) is 2.20. The molecule has 0 aliphatic heterocycles. The van der Waals surface area contributed by atoms with E-state index in [4.69, 9.17) is 16.0 Å². The molecule has 0 spiro atoms. The number of rotatable bonds is 6. The van der Waals surface area contributed by atoms with Crippen LogP contribution in [0.5, 0.6) is 0 Å². The van der Waals surface area contributed by atoms with Gasteiger partial charge in [0.2, 0.25) is 0 Å². The van der Waals surface area contributed by atoms with Crippen LogP contribution in [0, 0.1) is 6.92 Å². The predicted octanol–water partition coefficient (Wildman–Crippen LogP) is 4.02. The van der Waals surface area contributed by atoms with Gasteiger partial charge in [-0.1, -0.05) is 6.92 Å². The summed E-state index contributed by atoms with van der Waals surface area (Å²) in [5.41, 5.74) is 2.14. The molecule has 4 nitrogen and oxygen atoms in total. The van der Waals surface area contributed by atoms with Crippen LogP contribution in [-0.2, 0) is 13.5 Å². The molecule has 20 heavy (non-hydrogen) atoms. The largest absolute Gasteiger partial charge is 0.448 e. The van der Waals surface area contributed by atoms with Crippen LogP contribution in [-0.4, -0.2) is 16.3 Å². The van der Waals surface area contributed by atoms with Crippen LogP contribution in [0.4, 0.5) is 0 Å². The summed E-state index contributed by atoms with van der Waals surface area (Å²) < 4.78 is 8.52. The lowest BCUT2D eigenvalue weighted by atomic mass is 10.1. The van der Waals surface area contributed by atoms with Crippen molar-refractivity contribution in [2.24, 2.45) is 7.05 Å². The standard InChI is InChI=1S/C14H19BrClN3O/c1-4-7-17-10(12-5-6-13(16)20-12)8-11-14(15)9(2)18-19(11)3/h5-6,10,17H,4,7-8H2,1-3H3. The van der Waals surface area contributed by atoms with E-state index in [1.54, 1.807) is 6.07 Å². The second kappa shape index (κ2) is 6.78. The van der Waals surface area contributed by atoms with E-state index in [1.165, 1.54) is 0 Å². The molecule has 0 aromatic carbocycles. The first kappa shape index (κ1) is 15.6. The Kier molecular flexibility index (Phi) is 5.29. The average molecular weight is 361 g/mol. The minimum absolute atomic E-state index is 0.0913. The highest BCUT2D eigenvalue weighted by atomic mass is 79.9. The van der Waals surface area contributed by atoms with Gasteiger partial charge in [0.05, 0.1) is 21.9 Å². The van der Waals surface area contributed by atoms with Crippen LogP contribution >= 0.6 is 27.5 Å². The lowest BCUT2D eigenvalue weighted by Gasteiger charge is -2.16. The molecule has 0 aliphatic carbocycles. The third-order valence-corrected chi connectivity index (χ3v) is 4.47. The highest BCUT2D eigenvalue weighted by Gasteiger charge is 2.20. The summed E-state index contributed by atoms with van der Waals surface area (Å²) in [6.07, 6.45) is 1.86. The number of hydrogen-bond donors (Lipinski definition) is 1. The van der Waals surface area contributed by atoms with E-state index in [0.29, 0.717) is 5.22 Å². The molecule has 6 heteroatoms. The Morgan fingerprint density at radius 3 is 2.75 bits per heavy atom. The van der Waals surface area contributed by atoms with Gasteiger partial charge >= 0.3 is 0 Å². The first-order valence-corrected chi connectivity index (χ1v) is 7.86. The van der Waals surface area contributed by atoms with Gasteiger partial charge in [0, 0.05) is 13.5 Å². The predicted molar refractivity (Wildman–Crippen MR) is 84.1 cm³/mol. The zero-order valence-corrected chi connectivity index (χ0v) is 14.3. The molecule has 2 aromatic rings. The molecule has 2 rings (SSSR count). The maximum atomic E-state index is 5.89. The monoisotopic (exact) mass is 359 g/mol. The van der Waals surface area contributed by atoms with Gasteiger partial charge in [-0.3, -0.25) is 4.68 Å². The lowest BCUT2D eigenvalue weighted by molar-refractivity contribution is 0.405. The zero-order valence-electron chi connectivity index (χ0n) is 11.9. The van der Waals surface area contributed by atoms with Crippen LogP contribution < -0.4 is 5.32 Å². The number of aromatic nitrogens is 2. The second-order valence-corrected chi connectivity index (χ2v) is 5.99. The van der Waals surface area contributed by atoms with Gasteiger partial charge in [-0.15, -0.1) is 0 Å². The number of furan rings is 1. The SMILES string of the molecule is CCCNC(Cc1c(Br)c(C)nn1C)c1ccc(Cl)o1. The zero-order chi connectivity index (χ0) is 14.7. The van der Waals surface area contributed by atoms with E-state index in [-0.39, 0.29) is 6.04 Å². The number of halogens is 2. The fourth-order valence-corrected chi connectivity index (χ4v) is 2.85. The van der Waals surface area contributed by atoms with Gasteiger partial charge in [-0.05, 0) is 59.6 Å². The minimum atomic E-state index is 0.0913. The van der Waals surface area contributed by atoms with Crippen molar-refractivity contribution < 1.29 is 4.42 Å². The van der Waals surface area contributed by atoms with Crippen molar-refractivity contribution in [2.75, 3.05) is 6.54 Å². The van der Waals surface area contributed by atoms with Gasteiger partial charge in [-0.2, -0.15) is 5.10 Å². The molecule has 0 amide bonds. The molecule has 0 saturated heterocycles. The summed E-state index contributed by atoms with van der Waals surface area (Å²) in [5, 5.41) is 8.35. The molecule has 0 bridgehead atoms. The van der Waals surface area contributed by atoms with Crippen molar-refractivity contribution in [1.82, 2.24) is 15.1 Å². The molecule has 0 fully saturated rings. The van der Waals surface area contributed by atoms with Gasteiger partial charge < -0.3 is 9.73 Å². The second-order valence-electron chi connectivity index (χ2n) is 4.82. The Morgan fingerprint density at radius 1 is 1.50 bits per heavy atom. The molecule has 2 aromatic heterocycles. The molecule has 0 aliphatic rings. The van der Waals surface area contributed by atoms with E-state index in [2.05, 4.69) is 33.3 Å². The maximum absolute atomic E-state index is 5.89. The van der Waals surface area contributed by atoms with Crippen molar-refractivity contribution in [3.63, 3.8) is 0 Å². The number of nitrogens with zero attached hydrogens (tertiary/aromatic N) is 2. The third kappa shape index (κ3) is 3.45. The summed E-state index contributed by atoms with van der Waals surface area (Å²) in [7, 11) is 1.96. The van der Waals surface area contributed by atoms with Crippen LogP contribution in [0.2, 0.25) is 5.22 Å². The highest BCUT2D eigenvalue weighted by Crippen LogP contribution is 2.28. The van der Waals surface area contributed by atoms with E-state index in [9.17, 15) is 0 Å². The van der Waals surface area contributed by atoms with Crippen LogP contribution in [0.25, 0.3) is 0 Å². The van der Waals surface area contributed by atoms with Crippen molar-refractivity contribution in [2.45, 2.75) is 32.7 Å². The average Bonchev–Trinajstić information content (AvgIpc) is 2.93. The molecule has 1 unspecified atom stereocenters. The molecule has 2 heterocycles. The third-order valence-electron chi connectivity index (χ3n) is 3.24. The van der Waals surface area contributed by atoms with Crippen LogP contribution in [0.15, 0.2) is 21.0 Å². The summed E-state index contributed by atoms with van der Waals surface area (Å²) in [4.78, 5) is 0. The lowest BCUT2D eigenvalue weighted by Crippen LogP contribution is -2.24. The number of aryl methyl sites for hydroxylation is 2. The number of hydrogen-bond acceptors (Lipinski definition) is 3. The van der Waals surface area contributed by atoms with Crippen molar-refractivity contribution in [1.29, 1.82) is 0 Å². The number of nitrogens with one attached hydrogen (secondary N) is 1. The fraction of sp³-hybridized carbons (Fsp3) is 0.500. The van der Waals surface area contributed by atoms with E-state index in [0.717, 1.165) is 41.0 Å². The Hall–Kier alpha value is -0.780. The molecule has 1 N–H and O–H groups in total. The molecule has 110 valence electrons. The van der Waals surface area contributed by atoms with Gasteiger partial charge in [-0.25, -0.2) is 0 Å². The van der Waals surface area contributed by atoms with E-state index < -0.39 is 0 Å². The molecular weight excluding hydrogens is 342 g/mol. The topological polar surface area (TPSA) is 43.0 Å². The first-order valence-electron chi connectivity index (χ1n) is 6.69. The molecular formula is C14H19BrClN3O. The van der Waals surface area contributed by atoms with E-state index in [1.807, 2.05) is 24.7 Å². The van der Waals surface area contributed by atoms with Gasteiger partial charge in [0.25, 0.3) is 0 Å². The smallest absolute Gasteiger partial charge is 0.193 e. The van der Waals surface area contributed by atoms with Crippen molar-refractivity contribution in [3.8, 4) is 0 Å². The normalized spacial score (nSPS) is 12.8. The minimum Gasteiger partial charge on any atom is -0.448 e. The summed E-state index contributed by atoms with van der Waals surface area (Å²) in [6.45, 7) is 5.06. The molecule has 0 saturated carbocycles. The van der Waals surface area contributed by atoms with Gasteiger partial charge in [0.1, 0.15) is 5.76 Å². The van der Waals surface area contributed by atoms with Crippen molar-refractivity contribution >= 4 is 27.5 Å². The Balaban J connectivity index is 2.23. The Labute approximate surface area is 132 Å². The Bertz CT molecular complexity index is 579. The maximum Gasteiger partial charge on any atom is 0.193 e. The molecule has 0 radical (unpaired) electrons. The van der Waals surface area contributed by atoms with Crippen LogP contribution in [0.3, 0.4) is 0 Å². The van der Waals surface area contributed by atoms with Crippen LogP contribution in [0.1, 0.15) is 36.5 Å². The molecule has 1 atom stereocenters. The first-order chi connectivity index (χ1) is 9.52. The summed E-state index contributed by atoms with van der Waals surface area (Å²) in [5.74, 6) is 0.856. The summed E-state index contributed by atoms with van der Waals surface area (Å²) in [6, 6.07) is 3.79. The van der Waals surface area contributed by atoms with Crippen molar-refractivity contribution in [3.05, 3.63) is 39.0 Å². The van der Waals surface area contributed by atoms with Gasteiger partial charge in [0.15, 0.2) is 5.22 Å².